The molecule has 0 bridgehead atoms. The molecule has 0 fully saturated rings. The highest BCUT2D eigenvalue weighted by atomic mass is 14.2. The normalized spacial score (nSPS) is 18.9. The van der Waals surface area contributed by atoms with Crippen LogP contribution in [0.2, 0.25) is 0 Å². The van der Waals surface area contributed by atoms with Crippen molar-refractivity contribution in [3.05, 3.63) is 64.3 Å². The molecule has 24 heavy (non-hydrogen) atoms. The van der Waals surface area contributed by atoms with Crippen molar-refractivity contribution in [3.63, 3.8) is 0 Å². The van der Waals surface area contributed by atoms with Gasteiger partial charge in [-0.25, -0.2) is 0 Å². The van der Waals surface area contributed by atoms with E-state index in [1.165, 1.54) is 36.8 Å². The zero-order valence-electron chi connectivity index (χ0n) is 16.7. The number of aryl methyl sites for hydroxylation is 1. The average molecular weight is 325 g/mol. The summed E-state index contributed by atoms with van der Waals surface area (Å²) in [7, 11) is 0. The smallest absolute Gasteiger partial charge is 0.00885 e. The molecule has 1 aromatic carbocycles. The second-order valence-corrected chi connectivity index (χ2v) is 5.82. The molecule has 0 aromatic heterocycles. The van der Waals surface area contributed by atoms with Crippen molar-refractivity contribution in [1.82, 2.24) is 0 Å². The van der Waals surface area contributed by atoms with E-state index in [1.54, 1.807) is 22.3 Å². The van der Waals surface area contributed by atoms with Crippen molar-refractivity contribution in [2.75, 3.05) is 0 Å². The summed E-state index contributed by atoms with van der Waals surface area (Å²) in [6.45, 7) is 12.5. The summed E-state index contributed by atoms with van der Waals surface area (Å²) in [6, 6.07) is 8.98. The largest absolute Gasteiger partial charge is 0.0766 e. The Morgan fingerprint density at radius 3 is 2.17 bits per heavy atom. The minimum absolute atomic E-state index is 1.12. The Hall–Kier alpha value is -1.56. The van der Waals surface area contributed by atoms with E-state index >= 15 is 0 Å². The molecule has 0 amide bonds. The van der Waals surface area contributed by atoms with Crippen LogP contribution in [0, 0.1) is 0 Å². The SMILES string of the molecule is CC.CC.CCC1=CC/C(=C2/CCCc3ccccc32)C=C1CC. The molecule has 0 N–H and O–H groups in total. The summed E-state index contributed by atoms with van der Waals surface area (Å²) < 4.78 is 0. The van der Waals surface area contributed by atoms with Gasteiger partial charge in [0.25, 0.3) is 0 Å². The van der Waals surface area contributed by atoms with E-state index in [-0.39, 0.29) is 0 Å². The fourth-order valence-electron chi connectivity index (χ4n) is 3.59. The van der Waals surface area contributed by atoms with Gasteiger partial charge in [-0.2, -0.15) is 0 Å². The van der Waals surface area contributed by atoms with E-state index in [2.05, 4.69) is 50.3 Å². The van der Waals surface area contributed by atoms with Gasteiger partial charge in [0.05, 0.1) is 0 Å². The first kappa shape index (κ1) is 20.5. The predicted molar refractivity (Wildman–Crippen MR) is 110 cm³/mol. The van der Waals surface area contributed by atoms with Crippen molar-refractivity contribution < 1.29 is 0 Å². The molecule has 0 saturated heterocycles. The molecule has 1 aromatic rings. The second kappa shape index (κ2) is 11.1. The number of fused-ring (bicyclic) bond motifs is 1. The Balaban J connectivity index is 0.000000671. The Morgan fingerprint density at radius 1 is 0.833 bits per heavy atom. The van der Waals surface area contributed by atoms with Crippen LogP contribution in [-0.4, -0.2) is 0 Å². The van der Waals surface area contributed by atoms with Crippen molar-refractivity contribution >= 4 is 5.57 Å². The molecule has 0 saturated carbocycles. The minimum Gasteiger partial charge on any atom is -0.0766 e. The lowest BCUT2D eigenvalue weighted by molar-refractivity contribution is 0.816. The van der Waals surface area contributed by atoms with Crippen LogP contribution in [0.15, 0.2) is 53.1 Å². The Labute approximate surface area is 150 Å². The highest BCUT2D eigenvalue weighted by molar-refractivity contribution is 5.75. The van der Waals surface area contributed by atoms with Crippen LogP contribution in [0.4, 0.5) is 0 Å². The van der Waals surface area contributed by atoms with Gasteiger partial charge in [-0.05, 0) is 71.9 Å². The van der Waals surface area contributed by atoms with Gasteiger partial charge in [-0.1, -0.05) is 78.0 Å². The standard InChI is InChI=1S/C20H24.2C2H6/c1-3-15-12-13-18(14-16(15)4-2)20-11-7-9-17-8-5-6-10-19(17)20;2*1-2/h5-6,8,10,12,14H,3-4,7,9,11,13H2,1-2H3;2*1-2H3/b20-18+;;. The number of allylic oxidation sites excluding steroid dienone is 6. The van der Waals surface area contributed by atoms with E-state index in [0.717, 1.165) is 12.8 Å². The summed E-state index contributed by atoms with van der Waals surface area (Å²) in [5.74, 6) is 0. The zero-order valence-corrected chi connectivity index (χ0v) is 16.7. The molecule has 2 aliphatic carbocycles. The first-order valence-electron chi connectivity index (χ1n) is 10.0. The third kappa shape index (κ3) is 4.72. The number of hydrogen-bond donors (Lipinski definition) is 0. The highest BCUT2D eigenvalue weighted by Crippen LogP contribution is 2.37. The van der Waals surface area contributed by atoms with E-state index in [4.69, 9.17) is 0 Å². The summed E-state index contributed by atoms with van der Waals surface area (Å²) in [5, 5.41) is 0. The highest BCUT2D eigenvalue weighted by Gasteiger charge is 2.18. The van der Waals surface area contributed by atoms with Crippen molar-refractivity contribution in [1.29, 1.82) is 0 Å². The Morgan fingerprint density at radius 2 is 1.50 bits per heavy atom. The lowest BCUT2D eigenvalue weighted by Crippen LogP contribution is -2.05. The van der Waals surface area contributed by atoms with Gasteiger partial charge in [0, 0.05) is 0 Å². The van der Waals surface area contributed by atoms with Gasteiger partial charge >= 0.3 is 0 Å². The molecule has 0 unspecified atom stereocenters. The lowest BCUT2D eigenvalue weighted by atomic mass is 9.81. The third-order valence-electron chi connectivity index (χ3n) is 4.69. The maximum Gasteiger partial charge on any atom is -0.00885 e. The first-order chi connectivity index (χ1) is 11.8. The molecule has 132 valence electrons. The number of rotatable bonds is 2. The van der Waals surface area contributed by atoms with Gasteiger partial charge in [-0.3, -0.25) is 0 Å². The molecule has 0 nitrogen and oxygen atoms in total. The number of benzene rings is 1. The minimum atomic E-state index is 1.12. The summed E-state index contributed by atoms with van der Waals surface area (Å²) in [6.07, 6.45) is 12.2. The van der Waals surface area contributed by atoms with Crippen LogP contribution in [-0.2, 0) is 6.42 Å². The second-order valence-electron chi connectivity index (χ2n) is 5.82. The lowest BCUT2D eigenvalue weighted by Gasteiger charge is -2.24. The maximum absolute atomic E-state index is 2.48. The van der Waals surface area contributed by atoms with Gasteiger partial charge in [0.2, 0.25) is 0 Å². The fourth-order valence-corrected chi connectivity index (χ4v) is 3.59. The van der Waals surface area contributed by atoms with Crippen LogP contribution in [0.25, 0.3) is 5.57 Å². The molecule has 0 heteroatoms. The molecular weight excluding hydrogens is 288 g/mol. The monoisotopic (exact) mass is 324 g/mol. The van der Waals surface area contributed by atoms with E-state index in [0.29, 0.717) is 0 Å². The molecule has 0 aliphatic heterocycles. The van der Waals surface area contributed by atoms with Crippen molar-refractivity contribution in [2.45, 2.75) is 80.1 Å². The Kier molecular flexibility index (Phi) is 9.45. The molecule has 3 rings (SSSR count). The van der Waals surface area contributed by atoms with Crippen LogP contribution >= 0.6 is 0 Å². The van der Waals surface area contributed by atoms with Crippen molar-refractivity contribution in [2.24, 2.45) is 0 Å². The molecule has 0 radical (unpaired) electrons. The van der Waals surface area contributed by atoms with Crippen LogP contribution < -0.4 is 0 Å². The van der Waals surface area contributed by atoms with Gasteiger partial charge in [0.1, 0.15) is 0 Å². The summed E-state index contributed by atoms with van der Waals surface area (Å²) in [5.41, 5.74) is 9.31. The Bertz CT molecular complexity index is 596. The van der Waals surface area contributed by atoms with Crippen LogP contribution in [0.1, 0.15) is 84.8 Å². The third-order valence-corrected chi connectivity index (χ3v) is 4.69. The zero-order chi connectivity index (χ0) is 17.9. The summed E-state index contributed by atoms with van der Waals surface area (Å²) >= 11 is 0. The molecule has 0 atom stereocenters. The predicted octanol–water partition coefficient (Wildman–Crippen LogP) is 7.91. The van der Waals surface area contributed by atoms with Crippen LogP contribution in [0.5, 0.6) is 0 Å². The van der Waals surface area contributed by atoms with E-state index in [9.17, 15) is 0 Å². The molecule has 0 spiro atoms. The summed E-state index contributed by atoms with van der Waals surface area (Å²) in [4.78, 5) is 0. The molecule has 0 heterocycles. The van der Waals surface area contributed by atoms with Gasteiger partial charge in [0.15, 0.2) is 0 Å². The number of hydrogen-bond acceptors (Lipinski definition) is 0. The average Bonchev–Trinajstić information content (AvgIpc) is 2.70. The molecule has 2 aliphatic rings. The molecular formula is C24H36. The maximum atomic E-state index is 2.48. The van der Waals surface area contributed by atoms with Gasteiger partial charge in [-0.15, -0.1) is 0 Å². The quantitative estimate of drug-likeness (QED) is 0.518. The van der Waals surface area contributed by atoms with Gasteiger partial charge < -0.3 is 0 Å². The fraction of sp³-hybridized carbons (Fsp3) is 0.500. The van der Waals surface area contributed by atoms with Crippen LogP contribution in [0.3, 0.4) is 0 Å². The van der Waals surface area contributed by atoms with E-state index < -0.39 is 0 Å². The first-order valence-corrected chi connectivity index (χ1v) is 10.0. The van der Waals surface area contributed by atoms with E-state index in [1.807, 2.05) is 27.7 Å². The van der Waals surface area contributed by atoms with Crippen molar-refractivity contribution in [3.8, 4) is 0 Å². The topological polar surface area (TPSA) is 0 Å².